The predicted octanol–water partition coefficient (Wildman–Crippen LogP) is 3.39. The number of hydrogen-bond donors (Lipinski definition) is 1. The summed E-state index contributed by atoms with van der Waals surface area (Å²) in [6.45, 7) is 5.93. The number of nitrogens with zero attached hydrogens (tertiary/aromatic N) is 4. The number of aryl methyl sites for hydroxylation is 2. The molecule has 0 amide bonds. The summed E-state index contributed by atoms with van der Waals surface area (Å²) >= 11 is 0. The van der Waals surface area contributed by atoms with E-state index in [-0.39, 0.29) is 5.82 Å². The summed E-state index contributed by atoms with van der Waals surface area (Å²) in [4.78, 5) is 10.1. The van der Waals surface area contributed by atoms with E-state index in [4.69, 9.17) is 0 Å². The van der Waals surface area contributed by atoms with E-state index >= 15 is 0 Å². The Balaban J connectivity index is 1.64. The van der Waals surface area contributed by atoms with Gasteiger partial charge in [-0.05, 0) is 45.4 Å². The Bertz CT molecular complexity index is 894. The number of aromatic amines is 1. The van der Waals surface area contributed by atoms with Crippen LogP contribution in [0.4, 0.5) is 4.39 Å². The third-order valence-electron chi connectivity index (χ3n) is 5.13. The summed E-state index contributed by atoms with van der Waals surface area (Å²) in [6, 6.07) is 5.39. The first-order chi connectivity index (χ1) is 11.5. The number of imidazole rings is 1. The van der Waals surface area contributed by atoms with E-state index in [2.05, 4.69) is 33.8 Å². The van der Waals surface area contributed by atoms with Gasteiger partial charge in [0.25, 0.3) is 0 Å². The van der Waals surface area contributed by atoms with Crippen molar-refractivity contribution in [1.29, 1.82) is 0 Å². The van der Waals surface area contributed by atoms with Gasteiger partial charge < -0.3 is 4.98 Å². The highest BCUT2D eigenvalue weighted by Crippen LogP contribution is 2.36. The fourth-order valence-corrected chi connectivity index (χ4v) is 3.93. The molecule has 1 aliphatic heterocycles. The van der Waals surface area contributed by atoms with Crippen molar-refractivity contribution in [2.75, 3.05) is 6.54 Å². The normalized spacial score (nSPS) is 18.8. The van der Waals surface area contributed by atoms with Gasteiger partial charge in [0.05, 0.1) is 17.8 Å². The molecule has 1 aliphatic rings. The Morgan fingerprint density at radius 3 is 2.88 bits per heavy atom. The highest BCUT2D eigenvalue weighted by atomic mass is 19.1. The number of nitrogens with one attached hydrogen (secondary N) is 1. The largest absolute Gasteiger partial charge is 0.341 e. The molecule has 1 fully saturated rings. The molecule has 1 saturated heterocycles. The van der Waals surface area contributed by atoms with Crippen molar-refractivity contribution in [3.8, 4) is 0 Å². The minimum absolute atomic E-state index is 0.271. The topological polar surface area (TPSA) is 49.7 Å². The van der Waals surface area contributed by atoms with Crippen LogP contribution in [-0.2, 0) is 13.6 Å². The van der Waals surface area contributed by atoms with Crippen molar-refractivity contribution in [1.82, 2.24) is 24.6 Å². The summed E-state index contributed by atoms with van der Waals surface area (Å²) in [7, 11) is 1.99. The molecule has 3 aromatic rings. The first-order valence-electron chi connectivity index (χ1n) is 8.42. The second-order valence-corrected chi connectivity index (χ2v) is 6.66. The van der Waals surface area contributed by atoms with Crippen LogP contribution in [0.25, 0.3) is 11.0 Å². The summed E-state index contributed by atoms with van der Waals surface area (Å²) in [5, 5.41) is 4.56. The highest BCUT2D eigenvalue weighted by molar-refractivity contribution is 5.75. The Kier molecular flexibility index (Phi) is 3.64. The molecule has 0 saturated carbocycles. The van der Waals surface area contributed by atoms with Gasteiger partial charge in [-0.25, -0.2) is 9.37 Å². The van der Waals surface area contributed by atoms with E-state index in [1.54, 1.807) is 6.07 Å². The first kappa shape index (κ1) is 15.3. The second-order valence-electron chi connectivity index (χ2n) is 6.66. The highest BCUT2D eigenvalue weighted by Gasteiger charge is 2.30. The minimum Gasteiger partial charge on any atom is -0.341 e. The number of hydrogen-bond acceptors (Lipinski definition) is 3. The molecule has 3 heterocycles. The number of fused-ring (bicyclic) bond motifs is 1. The Hall–Kier alpha value is -2.21. The zero-order valence-electron chi connectivity index (χ0n) is 14.3. The van der Waals surface area contributed by atoms with Crippen LogP contribution in [0.1, 0.15) is 41.7 Å². The van der Waals surface area contributed by atoms with E-state index in [0.717, 1.165) is 36.4 Å². The van der Waals surface area contributed by atoms with Gasteiger partial charge in [0, 0.05) is 24.3 Å². The van der Waals surface area contributed by atoms with Crippen molar-refractivity contribution in [3.63, 3.8) is 0 Å². The molecule has 0 aliphatic carbocycles. The molecule has 0 unspecified atom stereocenters. The molecule has 4 rings (SSSR count). The van der Waals surface area contributed by atoms with E-state index in [9.17, 15) is 4.39 Å². The van der Waals surface area contributed by atoms with Gasteiger partial charge in [-0.2, -0.15) is 5.10 Å². The van der Waals surface area contributed by atoms with Crippen LogP contribution in [0, 0.1) is 19.7 Å². The van der Waals surface area contributed by atoms with Crippen LogP contribution in [-0.4, -0.2) is 31.2 Å². The molecule has 126 valence electrons. The summed E-state index contributed by atoms with van der Waals surface area (Å²) in [5.74, 6) is 0.549. The Morgan fingerprint density at radius 1 is 1.33 bits per heavy atom. The predicted molar refractivity (Wildman–Crippen MR) is 91.1 cm³/mol. The third kappa shape index (κ3) is 2.41. The fraction of sp³-hybridized carbons (Fsp3) is 0.444. The molecule has 0 bridgehead atoms. The average Bonchev–Trinajstić information content (AvgIpc) is 3.20. The molecule has 2 aromatic heterocycles. The van der Waals surface area contributed by atoms with Crippen molar-refractivity contribution in [3.05, 3.63) is 46.8 Å². The average molecular weight is 327 g/mol. The molecule has 1 atom stereocenters. The van der Waals surface area contributed by atoms with E-state index in [1.807, 2.05) is 17.8 Å². The number of H-pyrrole nitrogens is 1. The first-order valence-corrected chi connectivity index (χ1v) is 8.42. The summed E-state index contributed by atoms with van der Waals surface area (Å²) < 4.78 is 15.8. The lowest BCUT2D eigenvalue weighted by Crippen LogP contribution is -2.24. The summed E-state index contributed by atoms with van der Waals surface area (Å²) in [6.07, 6.45) is 2.29. The number of rotatable bonds is 3. The van der Waals surface area contributed by atoms with Gasteiger partial charge >= 0.3 is 0 Å². The van der Waals surface area contributed by atoms with Gasteiger partial charge in [0.15, 0.2) is 5.82 Å². The lowest BCUT2D eigenvalue weighted by Gasteiger charge is -2.24. The minimum atomic E-state index is -0.271. The van der Waals surface area contributed by atoms with Gasteiger partial charge in [-0.1, -0.05) is 6.07 Å². The maximum absolute atomic E-state index is 13.9. The van der Waals surface area contributed by atoms with Gasteiger partial charge in [-0.15, -0.1) is 0 Å². The number of para-hydroxylation sites is 1. The lowest BCUT2D eigenvalue weighted by atomic mass is 10.0. The van der Waals surface area contributed by atoms with Gasteiger partial charge in [-0.3, -0.25) is 9.58 Å². The molecule has 6 heteroatoms. The van der Waals surface area contributed by atoms with Crippen molar-refractivity contribution in [2.45, 2.75) is 39.3 Å². The maximum atomic E-state index is 13.9. The zero-order chi connectivity index (χ0) is 16.8. The number of halogens is 1. The number of aromatic nitrogens is 4. The SMILES string of the molecule is Cc1nn(C)c(C)c1[C@@H]1CCCN1Cc1nc2c(F)cccc2[nH]1. The van der Waals surface area contributed by atoms with Gasteiger partial charge in [0.2, 0.25) is 0 Å². The van der Waals surface area contributed by atoms with Crippen LogP contribution < -0.4 is 0 Å². The molecule has 0 spiro atoms. The van der Waals surface area contributed by atoms with Crippen molar-refractivity contribution < 1.29 is 4.39 Å². The standard InChI is InChI=1S/C18H22FN5/c1-11-17(12(2)23(3)22-11)15-8-5-9-24(15)10-16-20-14-7-4-6-13(19)18(14)21-16/h4,6-7,15H,5,8-10H2,1-3H3,(H,20,21)/t15-/m0/s1. The third-order valence-corrected chi connectivity index (χ3v) is 5.13. The molecular weight excluding hydrogens is 305 g/mol. The Labute approximate surface area is 140 Å². The lowest BCUT2D eigenvalue weighted by molar-refractivity contribution is 0.242. The molecule has 5 nitrogen and oxygen atoms in total. The maximum Gasteiger partial charge on any atom is 0.151 e. The molecule has 0 radical (unpaired) electrons. The molecular formula is C18H22FN5. The van der Waals surface area contributed by atoms with E-state index in [0.29, 0.717) is 18.1 Å². The smallest absolute Gasteiger partial charge is 0.151 e. The fourth-order valence-electron chi connectivity index (χ4n) is 3.93. The van der Waals surface area contributed by atoms with Crippen molar-refractivity contribution >= 4 is 11.0 Å². The van der Waals surface area contributed by atoms with Crippen LogP contribution in [0.5, 0.6) is 0 Å². The molecule has 1 N–H and O–H groups in total. The van der Waals surface area contributed by atoms with Crippen LogP contribution in [0.2, 0.25) is 0 Å². The van der Waals surface area contributed by atoms with Crippen LogP contribution >= 0.6 is 0 Å². The van der Waals surface area contributed by atoms with E-state index < -0.39 is 0 Å². The Morgan fingerprint density at radius 2 is 2.17 bits per heavy atom. The molecule has 24 heavy (non-hydrogen) atoms. The van der Waals surface area contributed by atoms with Gasteiger partial charge in [0.1, 0.15) is 11.3 Å². The van der Waals surface area contributed by atoms with Crippen LogP contribution in [0.3, 0.4) is 0 Å². The van der Waals surface area contributed by atoms with Crippen molar-refractivity contribution in [2.24, 2.45) is 7.05 Å². The molecule has 1 aromatic carbocycles. The quantitative estimate of drug-likeness (QED) is 0.802. The monoisotopic (exact) mass is 327 g/mol. The zero-order valence-corrected chi connectivity index (χ0v) is 14.3. The summed E-state index contributed by atoms with van der Waals surface area (Å²) in [5.41, 5.74) is 4.84. The number of benzene rings is 1. The number of likely N-dealkylation sites (tertiary alicyclic amines) is 1. The van der Waals surface area contributed by atoms with E-state index in [1.165, 1.54) is 17.3 Å². The second kappa shape index (κ2) is 5.70. The van der Waals surface area contributed by atoms with Crippen LogP contribution in [0.15, 0.2) is 18.2 Å².